The summed E-state index contributed by atoms with van der Waals surface area (Å²) in [5, 5.41) is 3.67. The number of carbonyl (C=O) groups excluding carboxylic acids is 1. The lowest BCUT2D eigenvalue weighted by atomic mass is 10.1. The summed E-state index contributed by atoms with van der Waals surface area (Å²) in [5.41, 5.74) is 0.205. The predicted molar refractivity (Wildman–Crippen MR) is 89.3 cm³/mol. The zero-order chi connectivity index (χ0) is 17.3. The van der Waals surface area contributed by atoms with Crippen molar-refractivity contribution in [3.63, 3.8) is 0 Å². The molecular formula is C15H30N2O4Si. The minimum Gasteiger partial charge on any atom is -0.405 e. The van der Waals surface area contributed by atoms with E-state index in [0.717, 1.165) is 0 Å². The number of hydrazone groups is 1. The molecule has 1 aliphatic rings. The molecule has 2 atom stereocenters. The standard InChI is InChI=1S/C15H30N2O4Si/c1-10(18)12(17-16)13(11-9-19-15(5,6)20-11)21-22(7,8)14(2,3)4/h11,13H,9,16H2,1-8H3/t11-,13-/m1/s1. The summed E-state index contributed by atoms with van der Waals surface area (Å²) in [6.07, 6.45) is -1.000. The van der Waals surface area contributed by atoms with Crippen molar-refractivity contribution in [3.8, 4) is 0 Å². The topological polar surface area (TPSA) is 83.1 Å². The molecule has 0 unspecified atom stereocenters. The normalized spacial score (nSPS) is 24.4. The van der Waals surface area contributed by atoms with E-state index in [1.54, 1.807) is 0 Å². The molecule has 1 fully saturated rings. The van der Waals surface area contributed by atoms with E-state index in [1.807, 2.05) is 13.8 Å². The van der Waals surface area contributed by atoms with Gasteiger partial charge in [0.25, 0.3) is 0 Å². The molecule has 128 valence electrons. The summed E-state index contributed by atoms with van der Waals surface area (Å²) in [5.74, 6) is 4.54. The highest BCUT2D eigenvalue weighted by molar-refractivity contribution is 6.74. The Labute approximate surface area is 134 Å². The Morgan fingerprint density at radius 1 is 1.41 bits per heavy atom. The number of hydrogen-bond acceptors (Lipinski definition) is 6. The minimum absolute atomic E-state index is 0.00325. The van der Waals surface area contributed by atoms with Crippen LogP contribution in [0.15, 0.2) is 5.10 Å². The average molecular weight is 331 g/mol. The van der Waals surface area contributed by atoms with Gasteiger partial charge in [0.05, 0.1) is 6.61 Å². The Balaban J connectivity index is 3.11. The maximum Gasteiger partial charge on any atom is 0.193 e. The van der Waals surface area contributed by atoms with Crippen LogP contribution in [0.4, 0.5) is 0 Å². The molecule has 0 aromatic heterocycles. The van der Waals surface area contributed by atoms with Crippen molar-refractivity contribution in [2.24, 2.45) is 10.9 Å². The second-order valence-electron chi connectivity index (χ2n) is 7.74. The Morgan fingerprint density at radius 2 is 1.95 bits per heavy atom. The molecular weight excluding hydrogens is 300 g/mol. The van der Waals surface area contributed by atoms with E-state index >= 15 is 0 Å². The fraction of sp³-hybridized carbons (Fsp3) is 0.867. The molecule has 0 aliphatic carbocycles. The lowest BCUT2D eigenvalue weighted by Crippen LogP contribution is -2.52. The number of nitrogens with two attached hydrogens (primary N) is 1. The molecule has 0 amide bonds. The highest BCUT2D eigenvalue weighted by Crippen LogP contribution is 2.39. The highest BCUT2D eigenvalue weighted by atomic mass is 28.4. The molecule has 0 aromatic carbocycles. The average Bonchev–Trinajstić information content (AvgIpc) is 2.67. The summed E-state index contributed by atoms with van der Waals surface area (Å²) < 4.78 is 17.9. The molecule has 0 saturated carbocycles. The third kappa shape index (κ3) is 4.38. The zero-order valence-electron chi connectivity index (χ0n) is 15.0. The number of ether oxygens (including phenoxy) is 2. The number of hydrogen-bond donors (Lipinski definition) is 1. The van der Waals surface area contributed by atoms with Gasteiger partial charge in [-0.1, -0.05) is 20.8 Å². The molecule has 2 N–H and O–H groups in total. The van der Waals surface area contributed by atoms with Gasteiger partial charge in [0.15, 0.2) is 19.9 Å². The summed E-state index contributed by atoms with van der Waals surface area (Å²) in [6, 6.07) is 0. The maximum atomic E-state index is 11.9. The quantitative estimate of drug-likeness (QED) is 0.362. The molecule has 1 rings (SSSR count). The van der Waals surface area contributed by atoms with Crippen molar-refractivity contribution < 1.29 is 18.7 Å². The van der Waals surface area contributed by atoms with Crippen molar-refractivity contribution in [2.75, 3.05) is 6.61 Å². The number of carbonyl (C=O) groups is 1. The van der Waals surface area contributed by atoms with Gasteiger partial charge in [0.1, 0.15) is 17.9 Å². The number of ketones is 1. The van der Waals surface area contributed by atoms with E-state index in [0.29, 0.717) is 6.61 Å². The zero-order valence-corrected chi connectivity index (χ0v) is 16.0. The molecule has 0 spiro atoms. The van der Waals surface area contributed by atoms with Gasteiger partial charge in [-0.2, -0.15) is 5.10 Å². The summed E-state index contributed by atoms with van der Waals surface area (Å²) in [7, 11) is -2.13. The third-order valence-electron chi connectivity index (χ3n) is 4.37. The molecule has 1 heterocycles. The van der Waals surface area contributed by atoms with Crippen LogP contribution >= 0.6 is 0 Å². The molecule has 0 aromatic rings. The van der Waals surface area contributed by atoms with Crippen molar-refractivity contribution in [1.29, 1.82) is 0 Å². The van der Waals surface area contributed by atoms with Gasteiger partial charge >= 0.3 is 0 Å². The lowest BCUT2D eigenvalue weighted by molar-refractivity contribution is -0.145. The summed E-state index contributed by atoms with van der Waals surface area (Å²) >= 11 is 0. The van der Waals surface area contributed by atoms with Crippen LogP contribution in [-0.2, 0) is 18.7 Å². The summed E-state index contributed by atoms with van der Waals surface area (Å²) in [6.45, 7) is 16.1. The smallest absolute Gasteiger partial charge is 0.193 e. The Bertz CT molecular complexity index is 455. The first-order valence-electron chi connectivity index (χ1n) is 7.59. The second kappa shape index (κ2) is 6.39. The Kier molecular flexibility index (Phi) is 5.60. The molecule has 1 aliphatic heterocycles. The van der Waals surface area contributed by atoms with Gasteiger partial charge in [-0.05, 0) is 32.0 Å². The van der Waals surface area contributed by atoms with E-state index in [-0.39, 0.29) is 16.5 Å². The van der Waals surface area contributed by atoms with Crippen LogP contribution in [-0.4, -0.2) is 44.4 Å². The number of rotatable bonds is 5. The first-order valence-corrected chi connectivity index (χ1v) is 10.5. The molecule has 7 heteroatoms. The monoisotopic (exact) mass is 330 g/mol. The van der Waals surface area contributed by atoms with Crippen LogP contribution in [0, 0.1) is 0 Å². The first-order chi connectivity index (χ1) is 9.81. The van der Waals surface area contributed by atoms with E-state index in [4.69, 9.17) is 19.7 Å². The Morgan fingerprint density at radius 3 is 2.27 bits per heavy atom. The molecule has 0 radical (unpaired) electrons. The van der Waals surface area contributed by atoms with Gasteiger partial charge in [0, 0.05) is 6.92 Å². The second-order valence-corrected chi connectivity index (χ2v) is 12.5. The van der Waals surface area contributed by atoms with Crippen molar-refractivity contribution in [1.82, 2.24) is 0 Å². The predicted octanol–water partition coefficient (Wildman–Crippen LogP) is 2.43. The van der Waals surface area contributed by atoms with Crippen LogP contribution in [0.2, 0.25) is 18.1 Å². The number of nitrogens with zero attached hydrogens (tertiary/aromatic N) is 1. The largest absolute Gasteiger partial charge is 0.405 e. The first kappa shape index (κ1) is 19.3. The fourth-order valence-electron chi connectivity index (χ4n) is 2.03. The van der Waals surface area contributed by atoms with Gasteiger partial charge in [-0.15, -0.1) is 0 Å². The van der Waals surface area contributed by atoms with E-state index < -0.39 is 26.3 Å². The molecule has 6 nitrogen and oxygen atoms in total. The SMILES string of the molecule is CC(=O)C(=NN)[C@H](O[Si](C)(C)C(C)(C)C)[C@H]1COC(C)(C)O1. The van der Waals surface area contributed by atoms with Crippen LogP contribution in [0.25, 0.3) is 0 Å². The fourth-order valence-corrected chi connectivity index (χ4v) is 3.28. The van der Waals surface area contributed by atoms with Crippen molar-refractivity contribution in [3.05, 3.63) is 0 Å². The van der Waals surface area contributed by atoms with Crippen LogP contribution in [0.5, 0.6) is 0 Å². The maximum absolute atomic E-state index is 11.9. The highest BCUT2D eigenvalue weighted by Gasteiger charge is 2.46. The van der Waals surface area contributed by atoms with Gasteiger partial charge in [0.2, 0.25) is 0 Å². The third-order valence-corrected chi connectivity index (χ3v) is 8.82. The van der Waals surface area contributed by atoms with E-state index in [1.165, 1.54) is 6.92 Å². The number of Topliss-reactive ketones (excluding diaryl/α,β-unsaturated/α-hetero) is 1. The molecule has 0 bridgehead atoms. The van der Waals surface area contributed by atoms with Crippen molar-refractivity contribution in [2.45, 2.75) is 77.7 Å². The van der Waals surface area contributed by atoms with Crippen LogP contribution < -0.4 is 5.84 Å². The van der Waals surface area contributed by atoms with Crippen LogP contribution in [0.3, 0.4) is 0 Å². The van der Waals surface area contributed by atoms with Gasteiger partial charge in [-0.3, -0.25) is 4.79 Å². The van der Waals surface area contributed by atoms with Gasteiger partial charge in [-0.25, -0.2) is 0 Å². The summed E-state index contributed by atoms with van der Waals surface area (Å²) in [4.78, 5) is 11.9. The van der Waals surface area contributed by atoms with E-state index in [2.05, 4.69) is 39.0 Å². The molecule has 1 saturated heterocycles. The minimum atomic E-state index is -2.13. The lowest BCUT2D eigenvalue weighted by Gasteiger charge is -2.40. The van der Waals surface area contributed by atoms with E-state index in [9.17, 15) is 4.79 Å². The van der Waals surface area contributed by atoms with Crippen LogP contribution in [0.1, 0.15) is 41.5 Å². The Hall–Kier alpha value is -0.763. The van der Waals surface area contributed by atoms with Gasteiger partial charge < -0.3 is 19.7 Å². The molecule has 22 heavy (non-hydrogen) atoms. The van der Waals surface area contributed by atoms with Crippen molar-refractivity contribution >= 4 is 19.8 Å².